The Morgan fingerprint density at radius 2 is 1.02 bits per heavy atom. The standard InChI is InChI=1S/C32H30N8O2/c1-37-29(23-11-5-3-6-12-23)35-25(31(37)41)21-27-33-15-19-39(27)17-9-10-18-40-20-16-34-28(40)22-26-32(42)38(2)30(36-26)24-13-7-4-8-14-24/h3-8,11-16,19-22H,9-10,17-18H2,1-2H3/b25-21-,26-22+. The average molecular weight is 559 g/mol. The number of amidine groups is 2. The summed E-state index contributed by atoms with van der Waals surface area (Å²) in [5.74, 6) is 2.32. The highest BCUT2D eigenvalue weighted by Gasteiger charge is 2.29. The van der Waals surface area contributed by atoms with Crippen LogP contribution in [0, 0.1) is 0 Å². The molecule has 2 aromatic heterocycles. The monoisotopic (exact) mass is 558 g/mol. The summed E-state index contributed by atoms with van der Waals surface area (Å²) in [5.41, 5.74) is 2.51. The minimum atomic E-state index is -0.155. The van der Waals surface area contributed by atoms with Gasteiger partial charge in [-0.3, -0.25) is 19.4 Å². The number of likely N-dealkylation sites (N-methyl/N-ethyl adjacent to an activating group) is 2. The predicted octanol–water partition coefficient (Wildman–Crippen LogP) is 4.08. The lowest BCUT2D eigenvalue weighted by atomic mass is 10.2. The van der Waals surface area contributed by atoms with Crippen molar-refractivity contribution in [2.45, 2.75) is 25.9 Å². The van der Waals surface area contributed by atoms with Crippen molar-refractivity contribution < 1.29 is 9.59 Å². The predicted molar refractivity (Wildman–Crippen MR) is 161 cm³/mol. The number of benzene rings is 2. The van der Waals surface area contributed by atoms with Crippen LogP contribution >= 0.6 is 0 Å². The van der Waals surface area contributed by atoms with Crippen LogP contribution in [-0.2, 0) is 22.7 Å². The first-order valence-electron chi connectivity index (χ1n) is 13.8. The van der Waals surface area contributed by atoms with Crippen LogP contribution in [0.5, 0.6) is 0 Å². The number of imidazole rings is 2. The molecule has 2 aromatic carbocycles. The van der Waals surface area contributed by atoms with Gasteiger partial charge in [-0.15, -0.1) is 0 Å². The highest BCUT2D eigenvalue weighted by atomic mass is 16.2. The zero-order valence-corrected chi connectivity index (χ0v) is 23.5. The topological polar surface area (TPSA) is 101 Å². The molecule has 2 aliphatic heterocycles. The summed E-state index contributed by atoms with van der Waals surface area (Å²) in [6, 6.07) is 19.3. The molecule has 0 unspecified atom stereocenters. The van der Waals surface area contributed by atoms with Gasteiger partial charge in [0.15, 0.2) is 0 Å². The van der Waals surface area contributed by atoms with E-state index in [0.29, 0.717) is 34.7 Å². The molecule has 0 aliphatic carbocycles. The highest BCUT2D eigenvalue weighted by molar-refractivity contribution is 6.20. The molecule has 0 bridgehead atoms. The summed E-state index contributed by atoms with van der Waals surface area (Å²) >= 11 is 0. The van der Waals surface area contributed by atoms with Crippen molar-refractivity contribution in [2.24, 2.45) is 9.98 Å². The van der Waals surface area contributed by atoms with Crippen LogP contribution < -0.4 is 0 Å². The zero-order chi connectivity index (χ0) is 29.1. The summed E-state index contributed by atoms with van der Waals surface area (Å²) < 4.78 is 4.06. The second kappa shape index (κ2) is 11.6. The van der Waals surface area contributed by atoms with Crippen molar-refractivity contribution in [1.29, 1.82) is 0 Å². The maximum atomic E-state index is 12.9. The third-order valence-corrected chi connectivity index (χ3v) is 7.27. The SMILES string of the molecule is CN1C(=O)/C(=C/c2nccn2CCCCn2ccnc2/C=C2/N=C(c3ccccc3)N(C)C2=O)N=C1c1ccccc1. The van der Waals surface area contributed by atoms with Crippen molar-refractivity contribution in [3.05, 3.63) is 120 Å². The number of aryl methyl sites for hydroxylation is 2. The van der Waals surface area contributed by atoms with Crippen LogP contribution in [0.25, 0.3) is 12.2 Å². The highest BCUT2D eigenvalue weighted by Crippen LogP contribution is 2.22. The van der Waals surface area contributed by atoms with Crippen LogP contribution in [0.1, 0.15) is 35.6 Å². The van der Waals surface area contributed by atoms with E-state index in [1.165, 1.54) is 0 Å². The molecule has 4 aromatic rings. The summed E-state index contributed by atoms with van der Waals surface area (Å²) in [7, 11) is 3.47. The van der Waals surface area contributed by atoms with Gasteiger partial charge in [-0.25, -0.2) is 20.0 Å². The zero-order valence-electron chi connectivity index (χ0n) is 23.5. The van der Waals surface area contributed by atoms with Gasteiger partial charge in [0, 0.05) is 75.3 Å². The molecule has 0 saturated heterocycles. The number of hydrogen-bond donors (Lipinski definition) is 0. The van der Waals surface area contributed by atoms with Gasteiger partial charge >= 0.3 is 0 Å². The van der Waals surface area contributed by atoms with E-state index >= 15 is 0 Å². The first kappa shape index (κ1) is 26.8. The quantitative estimate of drug-likeness (QED) is 0.228. The molecule has 2 aliphatic rings. The maximum Gasteiger partial charge on any atom is 0.278 e. The van der Waals surface area contributed by atoms with E-state index in [2.05, 4.69) is 20.0 Å². The van der Waals surface area contributed by atoms with Crippen molar-refractivity contribution in [3.8, 4) is 0 Å². The Morgan fingerprint density at radius 3 is 1.43 bits per heavy atom. The number of nitrogens with zero attached hydrogens (tertiary/aromatic N) is 8. The Hall–Kier alpha value is -5.38. The molecule has 0 radical (unpaired) electrons. The molecule has 0 fully saturated rings. The summed E-state index contributed by atoms with van der Waals surface area (Å²) in [5, 5.41) is 0. The fraction of sp³-hybridized carbons (Fsp3) is 0.188. The molecule has 210 valence electrons. The van der Waals surface area contributed by atoms with Crippen molar-refractivity contribution in [2.75, 3.05) is 14.1 Å². The Balaban J connectivity index is 1.10. The number of carbonyl (C=O) groups is 2. The van der Waals surface area contributed by atoms with Gasteiger partial charge in [0.2, 0.25) is 0 Å². The number of amides is 2. The van der Waals surface area contributed by atoms with Gasteiger partial charge in [-0.05, 0) is 12.8 Å². The summed E-state index contributed by atoms with van der Waals surface area (Å²) in [6.45, 7) is 1.47. The fourth-order valence-electron chi connectivity index (χ4n) is 5.00. The molecule has 0 N–H and O–H groups in total. The number of hydrogen-bond acceptors (Lipinski definition) is 6. The van der Waals surface area contributed by atoms with Crippen LogP contribution in [0.2, 0.25) is 0 Å². The van der Waals surface area contributed by atoms with E-state index < -0.39 is 0 Å². The third-order valence-electron chi connectivity index (χ3n) is 7.27. The van der Waals surface area contributed by atoms with Gasteiger partial charge in [-0.1, -0.05) is 60.7 Å². The molecule has 4 heterocycles. The molecule has 6 rings (SSSR count). The van der Waals surface area contributed by atoms with E-state index in [0.717, 1.165) is 37.1 Å². The van der Waals surface area contributed by atoms with Crippen LogP contribution in [-0.4, -0.2) is 66.5 Å². The normalized spacial score (nSPS) is 17.1. The van der Waals surface area contributed by atoms with E-state index in [1.807, 2.05) is 82.2 Å². The summed E-state index contributed by atoms with van der Waals surface area (Å²) in [6.07, 6.45) is 12.5. The summed E-state index contributed by atoms with van der Waals surface area (Å²) in [4.78, 5) is 47.0. The molecule has 42 heavy (non-hydrogen) atoms. The molecular formula is C32H30N8O2. The maximum absolute atomic E-state index is 12.9. The Kier molecular flexibility index (Phi) is 7.42. The number of aliphatic imine (C=N–C) groups is 2. The van der Waals surface area contributed by atoms with E-state index in [1.54, 1.807) is 48.4 Å². The largest absolute Gasteiger partial charge is 0.331 e. The Labute approximate surface area is 243 Å². The fourth-order valence-corrected chi connectivity index (χ4v) is 5.00. The van der Waals surface area contributed by atoms with E-state index in [-0.39, 0.29) is 11.8 Å². The lowest BCUT2D eigenvalue weighted by Gasteiger charge is -2.11. The molecule has 10 nitrogen and oxygen atoms in total. The minimum Gasteiger partial charge on any atom is -0.331 e. The van der Waals surface area contributed by atoms with Crippen LogP contribution in [0.3, 0.4) is 0 Å². The lowest BCUT2D eigenvalue weighted by Crippen LogP contribution is -2.28. The Bertz CT molecular complexity index is 1620. The molecular weight excluding hydrogens is 528 g/mol. The molecule has 0 atom stereocenters. The number of carbonyl (C=O) groups excluding carboxylic acids is 2. The van der Waals surface area contributed by atoms with Crippen molar-refractivity contribution in [1.82, 2.24) is 28.9 Å². The van der Waals surface area contributed by atoms with Crippen molar-refractivity contribution >= 4 is 35.6 Å². The average Bonchev–Trinajstić information content (AvgIpc) is 3.78. The molecule has 2 amide bonds. The number of aromatic nitrogens is 4. The van der Waals surface area contributed by atoms with Crippen LogP contribution in [0.4, 0.5) is 0 Å². The van der Waals surface area contributed by atoms with E-state index in [4.69, 9.17) is 0 Å². The van der Waals surface area contributed by atoms with Crippen molar-refractivity contribution in [3.63, 3.8) is 0 Å². The first-order chi connectivity index (χ1) is 20.5. The molecule has 10 heteroatoms. The van der Waals surface area contributed by atoms with E-state index in [9.17, 15) is 9.59 Å². The molecule has 0 spiro atoms. The van der Waals surface area contributed by atoms with Gasteiger partial charge in [0.25, 0.3) is 11.8 Å². The first-order valence-corrected chi connectivity index (χ1v) is 13.8. The second-order valence-corrected chi connectivity index (χ2v) is 10.1. The minimum absolute atomic E-state index is 0.155. The van der Waals surface area contributed by atoms with Crippen LogP contribution in [0.15, 0.2) is 107 Å². The number of unbranched alkanes of at least 4 members (excludes halogenated alkanes) is 1. The Morgan fingerprint density at radius 1 is 0.619 bits per heavy atom. The second-order valence-electron chi connectivity index (χ2n) is 10.1. The lowest BCUT2D eigenvalue weighted by molar-refractivity contribution is -0.122. The van der Waals surface area contributed by atoms with Gasteiger partial charge < -0.3 is 9.13 Å². The van der Waals surface area contributed by atoms with Gasteiger partial charge in [0.1, 0.15) is 34.7 Å². The van der Waals surface area contributed by atoms with Gasteiger partial charge in [0.05, 0.1) is 0 Å². The number of rotatable bonds is 9. The third kappa shape index (κ3) is 5.34. The molecule has 0 saturated carbocycles. The smallest absolute Gasteiger partial charge is 0.278 e. The van der Waals surface area contributed by atoms with Gasteiger partial charge in [-0.2, -0.15) is 0 Å².